The number of hydrogen-bond donors (Lipinski definition) is 1. The van der Waals surface area contributed by atoms with E-state index in [9.17, 15) is 19.3 Å². The van der Waals surface area contributed by atoms with Crippen molar-refractivity contribution < 1.29 is 14.1 Å². The fourth-order valence-corrected chi connectivity index (χ4v) is 4.02. The number of nitrogens with one attached hydrogen (secondary N) is 1. The molecule has 1 aromatic carbocycles. The van der Waals surface area contributed by atoms with Gasteiger partial charge in [-0.25, -0.2) is 4.39 Å². The van der Waals surface area contributed by atoms with Crippen LogP contribution >= 0.6 is 27.3 Å². The van der Waals surface area contributed by atoms with Crippen LogP contribution in [0.1, 0.15) is 20.8 Å². The second-order valence-corrected chi connectivity index (χ2v) is 8.34. The number of amides is 1. The van der Waals surface area contributed by atoms with Gasteiger partial charge in [-0.1, -0.05) is 12.1 Å². The van der Waals surface area contributed by atoms with Crippen LogP contribution in [0.2, 0.25) is 0 Å². The van der Waals surface area contributed by atoms with Gasteiger partial charge in [0.05, 0.1) is 27.4 Å². The van der Waals surface area contributed by atoms with Crippen LogP contribution in [0, 0.1) is 15.9 Å². The number of rotatable bonds is 7. The van der Waals surface area contributed by atoms with Gasteiger partial charge in [-0.2, -0.15) is 10.2 Å². The lowest BCUT2D eigenvalue weighted by atomic mass is 10.2. The summed E-state index contributed by atoms with van der Waals surface area (Å²) in [6.45, 7) is 0.738. The SMILES string of the molecule is O=C(Nc1nn(Cc2ccc(F)cc2)cc1Br)c1cc(Cn2cc([N+](=O)[O-])cn2)cs1. The predicted octanol–water partition coefficient (Wildman–Crippen LogP) is 4.30. The number of aromatic nitrogens is 4. The van der Waals surface area contributed by atoms with Gasteiger partial charge in [0, 0.05) is 6.20 Å². The maximum Gasteiger partial charge on any atom is 0.307 e. The molecule has 9 nitrogen and oxygen atoms in total. The minimum atomic E-state index is -0.511. The molecule has 4 rings (SSSR count). The first-order chi connectivity index (χ1) is 14.9. The Morgan fingerprint density at radius 1 is 1.19 bits per heavy atom. The van der Waals surface area contributed by atoms with E-state index < -0.39 is 4.92 Å². The quantitative estimate of drug-likeness (QED) is 0.298. The van der Waals surface area contributed by atoms with E-state index in [2.05, 4.69) is 31.4 Å². The average molecular weight is 505 g/mol. The van der Waals surface area contributed by atoms with Crippen LogP contribution in [-0.2, 0) is 13.1 Å². The molecule has 0 fully saturated rings. The third-order valence-corrected chi connectivity index (χ3v) is 5.82. The molecule has 0 aliphatic rings. The van der Waals surface area contributed by atoms with Crippen LogP contribution in [0.15, 0.2) is 58.8 Å². The molecule has 0 spiro atoms. The standard InChI is InChI=1S/C19H14BrFN6O3S/c20-16-10-26(7-12-1-3-14(21)4-2-12)24-18(16)23-19(28)17-5-13(11-31-17)8-25-9-15(6-22-25)27(29)30/h1-6,9-11H,7-8H2,(H,23,24,28). The summed E-state index contributed by atoms with van der Waals surface area (Å²) in [5, 5.41) is 23.6. The molecule has 0 saturated heterocycles. The molecule has 0 radical (unpaired) electrons. The number of hydrogen-bond acceptors (Lipinski definition) is 6. The lowest BCUT2D eigenvalue weighted by Gasteiger charge is -2.02. The fourth-order valence-electron chi connectivity index (χ4n) is 2.81. The highest BCUT2D eigenvalue weighted by atomic mass is 79.9. The zero-order chi connectivity index (χ0) is 22.0. The van der Waals surface area contributed by atoms with Crippen molar-refractivity contribution in [2.45, 2.75) is 13.1 Å². The molecule has 1 N–H and O–H groups in total. The second-order valence-electron chi connectivity index (χ2n) is 6.58. The number of thiophene rings is 1. The Balaban J connectivity index is 1.40. The molecule has 0 bridgehead atoms. The predicted molar refractivity (Wildman–Crippen MR) is 116 cm³/mol. The van der Waals surface area contributed by atoms with Crippen molar-refractivity contribution in [1.29, 1.82) is 0 Å². The van der Waals surface area contributed by atoms with Crippen LogP contribution in [0.4, 0.5) is 15.9 Å². The van der Waals surface area contributed by atoms with E-state index in [4.69, 9.17) is 0 Å². The van der Waals surface area contributed by atoms with Crippen molar-refractivity contribution in [3.8, 4) is 0 Å². The minimum Gasteiger partial charge on any atom is -0.303 e. The van der Waals surface area contributed by atoms with E-state index in [0.29, 0.717) is 28.3 Å². The largest absolute Gasteiger partial charge is 0.307 e. The maximum absolute atomic E-state index is 13.0. The van der Waals surface area contributed by atoms with E-state index >= 15 is 0 Å². The van der Waals surface area contributed by atoms with Gasteiger partial charge >= 0.3 is 5.69 Å². The first kappa shape index (κ1) is 20.9. The molecule has 0 aliphatic heterocycles. The van der Waals surface area contributed by atoms with E-state index in [1.807, 2.05) is 0 Å². The Morgan fingerprint density at radius 2 is 1.94 bits per heavy atom. The molecular weight excluding hydrogens is 491 g/mol. The normalized spacial score (nSPS) is 10.9. The summed E-state index contributed by atoms with van der Waals surface area (Å²) in [6.07, 6.45) is 4.24. The van der Waals surface area contributed by atoms with Crippen LogP contribution in [0.3, 0.4) is 0 Å². The minimum absolute atomic E-state index is 0.0886. The lowest BCUT2D eigenvalue weighted by Crippen LogP contribution is -2.12. The van der Waals surface area contributed by atoms with Gasteiger partial charge in [0.15, 0.2) is 5.82 Å². The Morgan fingerprint density at radius 3 is 2.65 bits per heavy atom. The van der Waals surface area contributed by atoms with E-state index in [-0.39, 0.29) is 17.4 Å². The van der Waals surface area contributed by atoms with Crippen LogP contribution in [-0.4, -0.2) is 30.4 Å². The molecule has 3 aromatic heterocycles. The van der Waals surface area contributed by atoms with Crippen molar-refractivity contribution >= 4 is 44.7 Å². The van der Waals surface area contributed by atoms with E-state index in [0.717, 1.165) is 11.1 Å². The summed E-state index contributed by atoms with van der Waals surface area (Å²) in [4.78, 5) is 23.3. The number of carbonyl (C=O) groups is 1. The molecule has 158 valence electrons. The van der Waals surface area contributed by atoms with E-state index in [1.165, 1.54) is 40.5 Å². The number of benzene rings is 1. The highest BCUT2D eigenvalue weighted by Crippen LogP contribution is 2.23. The van der Waals surface area contributed by atoms with Crippen molar-refractivity contribution in [1.82, 2.24) is 19.6 Å². The van der Waals surface area contributed by atoms with Crippen molar-refractivity contribution in [2.75, 3.05) is 5.32 Å². The molecule has 31 heavy (non-hydrogen) atoms. The number of anilines is 1. The van der Waals surface area contributed by atoms with Crippen LogP contribution in [0.25, 0.3) is 0 Å². The van der Waals surface area contributed by atoms with Gasteiger partial charge in [-0.15, -0.1) is 11.3 Å². The molecule has 0 aliphatic carbocycles. The molecule has 0 unspecified atom stereocenters. The monoisotopic (exact) mass is 504 g/mol. The van der Waals surface area contributed by atoms with Crippen LogP contribution in [0.5, 0.6) is 0 Å². The van der Waals surface area contributed by atoms with Gasteiger partial charge in [0.25, 0.3) is 5.91 Å². The van der Waals surface area contributed by atoms with Crippen molar-refractivity contribution in [3.63, 3.8) is 0 Å². The zero-order valence-corrected chi connectivity index (χ0v) is 18.1. The fraction of sp³-hybridized carbons (Fsp3) is 0.105. The summed E-state index contributed by atoms with van der Waals surface area (Å²) in [6, 6.07) is 7.81. The molecule has 0 atom stereocenters. The summed E-state index contributed by atoms with van der Waals surface area (Å²) in [5.41, 5.74) is 1.58. The summed E-state index contributed by atoms with van der Waals surface area (Å²) >= 11 is 4.64. The summed E-state index contributed by atoms with van der Waals surface area (Å²) in [7, 11) is 0. The smallest absolute Gasteiger partial charge is 0.303 e. The van der Waals surface area contributed by atoms with Gasteiger partial charge in [-0.05, 0) is 50.6 Å². The molecule has 12 heteroatoms. The lowest BCUT2D eigenvalue weighted by molar-refractivity contribution is -0.385. The van der Waals surface area contributed by atoms with E-state index in [1.54, 1.807) is 34.5 Å². The first-order valence-corrected chi connectivity index (χ1v) is 10.6. The maximum atomic E-state index is 13.0. The number of nitro groups is 1. The number of halogens is 2. The molecular formula is C19H14BrFN6O3S. The van der Waals surface area contributed by atoms with Gasteiger partial charge < -0.3 is 5.32 Å². The Kier molecular flexibility index (Phi) is 5.91. The van der Waals surface area contributed by atoms with Crippen molar-refractivity contribution in [2.24, 2.45) is 0 Å². The second kappa shape index (κ2) is 8.78. The Bertz CT molecular complexity index is 1250. The molecule has 1 amide bonds. The highest BCUT2D eigenvalue weighted by molar-refractivity contribution is 9.10. The molecule has 0 saturated carbocycles. The topological polar surface area (TPSA) is 108 Å². The number of carbonyl (C=O) groups excluding carboxylic acids is 1. The third kappa shape index (κ3) is 5.03. The first-order valence-electron chi connectivity index (χ1n) is 8.90. The van der Waals surface area contributed by atoms with Crippen molar-refractivity contribution in [3.05, 3.63) is 90.7 Å². The average Bonchev–Trinajstić information content (AvgIpc) is 3.45. The van der Waals surface area contributed by atoms with Crippen LogP contribution < -0.4 is 5.32 Å². The summed E-state index contributed by atoms with van der Waals surface area (Å²) < 4.78 is 16.7. The summed E-state index contributed by atoms with van der Waals surface area (Å²) in [5.74, 6) is -0.264. The molecule has 3 heterocycles. The van der Waals surface area contributed by atoms with Gasteiger partial charge in [0.2, 0.25) is 0 Å². The molecule has 4 aromatic rings. The third-order valence-electron chi connectivity index (χ3n) is 4.26. The Hall–Kier alpha value is -3.38. The Labute approximate surface area is 187 Å². The highest BCUT2D eigenvalue weighted by Gasteiger charge is 2.15. The van der Waals surface area contributed by atoms with Gasteiger partial charge in [-0.3, -0.25) is 24.3 Å². The number of nitrogens with zero attached hydrogens (tertiary/aromatic N) is 5. The van der Waals surface area contributed by atoms with Gasteiger partial charge in [0.1, 0.15) is 18.2 Å². The zero-order valence-electron chi connectivity index (χ0n) is 15.7.